The van der Waals surface area contributed by atoms with Gasteiger partial charge < -0.3 is 10.6 Å². The standard InChI is InChI=1S/C17H32N2O/c1-14(15-9-5-4-6-10-15)18-13-17(20)19-16-11-7-2-3-8-12-16/h14-16,18H,2-13H2,1H3,(H,19,20). The van der Waals surface area contributed by atoms with Gasteiger partial charge in [-0.1, -0.05) is 44.9 Å². The van der Waals surface area contributed by atoms with E-state index < -0.39 is 0 Å². The molecule has 3 nitrogen and oxygen atoms in total. The maximum atomic E-state index is 12.0. The van der Waals surface area contributed by atoms with Crippen LogP contribution in [0.5, 0.6) is 0 Å². The number of carbonyl (C=O) groups is 1. The van der Waals surface area contributed by atoms with E-state index in [-0.39, 0.29) is 5.91 Å². The summed E-state index contributed by atoms with van der Waals surface area (Å²) in [4.78, 5) is 12.0. The third-order valence-corrected chi connectivity index (χ3v) is 5.16. The molecule has 0 radical (unpaired) electrons. The van der Waals surface area contributed by atoms with Crippen LogP contribution in [0.4, 0.5) is 0 Å². The van der Waals surface area contributed by atoms with Crippen molar-refractivity contribution in [3.05, 3.63) is 0 Å². The Hall–Kier alpha value is -0.570. The van der Waals surface area contributed by atoms with Crippen molar-refractivity contribution in [1.82, 2.24) is 10.6 Å². The minimum absolute atomic E-state index is 0.194. The van der Waals surface area contributed by atoms with E-state index in [0.717, 1.165) is 5.92 Å². The second-order valence-electron chi connectivity index (χ2n) is 6.82. The number of amides is 1. The molecule has 1 amide bonds. The van der Waals surface area contributed by atoms with Crippen LogP contribution < -0.4 is 10.6 Å². The largest absolute Gasteiger partial charge is 0.352 e. The fourth-order valence-corrected chi connectivity index (χ4v) is 3.76. The summed E-state index contributed by atoms with van der Waals surface area (Å²) in [6.07, 6.45) is 14.4. The SMILES string of the molecule is CC(NCC(=O)NC1CCCCCC1)C1CCCCC1. The molecule has 0 spiro atoms. The van der Waals surface area contributed by atoms with Gasteiger partial charge >= 0.3 is 0 Å². The van der Waals surface area contributed by atoms with Gasteiger partial charge in [-0.15, -0.1) is 0 Å². The third kappa shape index (κ3) is 5.43. The number of hydrogen-bond donors (Lipinski definition) is 2. The summed E-state index contributed by atoms with van der Waals surface area (Å²) in [6.45, 7) is 2.74. The van der Waals surface area contributed by atoms with E-state index >= 15 is 0 Å². The van der Waals surface area contributed by atoms with Gasteiger partial charge in [-0.05, 0) is 38.5 Å². The molecule has 20 heavy (non-hydrogen) atoms. The van der Waals surface area contributed by atoms with Crippen molar-refractivity contribution in [1.29, 1.82) is 0 Å². The molecule has 0 aromatic rings. The van der Waals surface area contributed by atoms with Gasteiger partial charge in [0, 0.05) is 12.1 Å². The normalized spacial score (nSPS) is 24.1. The van der Waals surface area contributed by atoms with Crippen LogP contribution >= 0.6 is 0 Å². The highest BCUT2D eigenvalue weighted by atomic mass is 16.1. The Morgan fingerprint density at radius 1 is 0.950 bits per heavy atom. The second-order valence-corrected chi connectivity index (χ2v) is 6.82. The van der Waals surface area contributed by atoms with Crippen LogP contribution in [0.25, 0.3) is 0 Å². The average Bonchev–Trinajstić information content (AvgIpc) is 2.74. The van der Waals surface area contributed by atoms with Crippen LogP contribution in [0.2, 0.25) is 0 Å². The summed E-state index contributed by atoms with van der Waals surface area (Å²) in [5, 5.41) is 6.66. The fourth-order valence-electron chi connectivity index (χ4n) is 3.76. The Bertz CT molecular complexity index is 279. The Kier molecular flexibility index (Phi) is 6.85. The van der Waals surface area contributed by atoms with E-state index in [1.54, 1.807) is 0 Å². The molecule has 116 valence electrons. The highest BCUT2D eigenvalue weighted by molar-refractivity contribution is 5.78. The first-order valence-electron chi connectivity index (χ1n) is 8.78. The number of hydrogen-bond acceptors (Lipinski definition) is 2. The fraction of sp³-hybridized carbons (Fsp3) is 0.941. The lowest BCUT2D eigenvalue weighted by atomic mass is 9.84. The van der Waals surface area contributed by atoms with Gasteiger partial charge in [0.25, 0.3) is 0 Å². The van der Waals surface area contributed by atoms with Gasteiger partial charge in [0.1, 0.15) is 0 Å². The van der Waals surface area contributed by atoms with Gasteiger partial charge in [-0.2, -0.15) is 0 Å². The molecule has 0 aliphatic heterocycles. The van der Waals surface area contributed by atoms with Crippen molar-refractivity contribution in [2.75, 3.05) is 6.54 Å². The van der Waals surface area contributed by atoms with Gasteiger partial charge in [0.2, 0.25) is 5.91 Å². The highest BCUT2D eigenvalue weighted by Gasteiger charge is 2.21. The lowest BCUT2D eigenvalue weighted by molar-refractivity contribution is -0.121. The molecular formula is C17H32N2O. The molecule has 0 bridgehead atoms. The summed E-state index contributed by atoms with van der Waals surface area (Å²) >= 11 is 0. The second kappa shape index (κ2) is 8.66. The molecule has 0 aromatic carbocycles. The zero-order chi connectivity index (χ0) is 14.2. The molecule has 0 aromatic heterocycles. The first-order valence-corrected chi connectivity index (χ1v) is 8.78. The van der Waals surface area contributed by atoms with E-state index in [2.05, 4.69) is 17.6 Å². The lowest BCUT2D eigenvalue weighted by Crippen LogP contribution is -2.44. The zero-order valence-electron chi connectivity index (χ0n) is 13.1. The third-order valence-electron chi connectivity index (χ3n) is 5.16. The molecule has 2 aliphatic rings. The molecule has 2 aliphatic carbocycles. The van der Waals surface area contributed by atoms with Gasteiger partial charge in [0.05, 0.1) is 6.54 Å². The smallest absolute Gasteiger partial charge is 0.234 e. The summed E-state index contributed by atoms with van der Waals surface area (Å²) in [7, 11) is 0. The molecule has 2 fully saturated rings. The molecule has 2 N–H and O–H groups in total. The average molecular weight is 280 g/mol. The Morgan fingerprint density at radius 3 is 2.15 bits per heavy atom. The minimum atomic E-state index is 0.194. The van der Waals surface area contributed by atoms with Crippen LogP contribution in [0, 0.1) is 5.92 Å². The van der Waals surface area contributed by atoms with Crippen LogP contribution in [0.3, 0.4) is 0 Å². The van der Waals surface area contributed by atoms with Crippen LogP contribution in [0.15, 0.2) is 0 Å². The first-order chi connectivity index (χ1) is 9.75. The van der Waals surface area contributed by atoms with E-state index in [1.165, 1.54) is 70.6 Å². The van der Waals surface area contributed by atoms with Crippen molar-refractivity contribution in [2.24, 2.45) is 5.92 Å². The van der Waals surface area contributed by atoms with Crippen LogP contribution in [0.1, 0.15) is 77.6 Å². The Balaban J connectivity index is 1.63. The highest BCUT2D eigenvalue weighted by Crippen LogP contribution is 2.26. The van der Waals surface area contributed by atoms with E-state index in [1.807, 2.05) is 0 Å². The summed E-state index contributed by atoms with van der Waals surface area (Å²) in [6, 6.07) is 0.909. The topological polar surface area (TPSA) is 41.1 Å². The number of rotatable bonds is 5. The van der Waals surface area contributed by atoms with Crippen molar-refractivity contribution in [3.63, 3.8) is 0 Å². The maximum absolute atomic E-state index is 12.0. The molecular weight excluding hydrogens is 248 g/mol. The van der Waals surface area contributed by atoms with E-state index in [9.17, 15) is 4.79 Å². The molecule has 0 heterocycles. The molecule has 0 saturated heterocycles. The Morgan fingerprint density at radius 2 is 1.50 bits per heavy atom. The summed E-state index contributed by atoms with van der Waals surface area (Å²) in [5.74, 6) is 0.967. The predicted octanol–water partition coefficient (Wildman–Crippen LogP) is 3.38. The minimum Gasteiger partial charge on any atom is -0.352 e. The zero-order valence-corrected chi connectivity index (χ0v) is 13.1. The van der Waals surface area contributed by atoms with Crippen LogP contribution in [-0.2, 0) is 4.79 Å². The Labute approximate surface area is 124 Å². The molecule has 1 atom stereocenters. The molecule has 2 rings (SSSR count). The quantitative estimate of drug-likeness (QED) is 0.758. The van der Waals surface area contributed by atoms with Gasteiger partial charge in [-0.25, -0.2) is 0 Å². The number of carbonyl (C=O) groups excluding carboxylic acids is 1. The summed E-state index contributed by atoms with van der Waals surface area (Å²) < 4.78 is 0. The van der Waals surface area contributed by atoms with E-state index in [0.29, 0.717) is 18.6 Å². The monoisotopic (exact) mass is 280 g/mol. The molecule has 2 saturated carbocycles. The molecule has 1 unspecified atom stereocenters. The van der Waals surface area contributed by atoms with Gasteiger partial charge in [0.15, 0.2) is 0 Å². The van der Waals surface area contributed by atoms with E-state index in [4.69, 9.17) is 0 Å². The van der Waals surface area contributed by atoms with Gasteiger partial charge in [-0.3, -0.25) is 4.79 Å². The van der Waals surface area contributed by atoms with Crippen molar-refractivity contribution in [3.8, 4) is 0 Å². The predicted molar refractivity (Wildman–Crippen MR) is 83.7 cm³/mol. The number of nitrogens with one attached hydrogen (secondary N) is 2. The van der Waals surface area contributed by atoms with Crippen LogP contribution in [-0.4, -0.2) is 24.5 Å². The van der Waals surface area contributed by atoms with Crippen molar-refractivity contribution >= 4 is 5.91 Å². The van der Waals surface area contributed by atoms with Crippen molar-refractivity contribution in [2.45, 2.75) is 89.6 Å². The summed E-state index contributed by atoms with van der Waals surface area (Å²) in [5.41, 5.74) is 0. The first kappa shape index (κ1) is 15.8. The lowest BCUT2D eigenvalue weighted by Gasteiger charge is -2.28. The molecule has 3 heteroatoms. The van der Waals surface area contributed by atoms with Crippen molar-refractivity contribution < 1.29 is 4.79 Å². The maximum Gasteiger partial charge on any atom is 0.234 e.